The molecule has 0 aliphatic heterocycles. The predicted octanol–water partition coefficient (Wildman–Crippen LogP) is 6.92. The van der Waals surface area contributed by atoms with E-state index in [2.05, 4.69) is 53.7 Å². The molecule has 2 aromatic carbocycles. The van der Waals surface area contributed by atoms with E-state index in [0.717, 1.165) is 26.4 Å². The number of hydrogen-bond acceptors (Lipinski definition) is 3. The fourth-order valence-electron chi connectivity index (χ4n) is 2.82. The van der Waals surface area contributed by atoms with E-state index in [1.165, 1.54) is 5.56 Å². The first kappa shape index (κ1) is 18.2. The Hall–Kier alpha value is -1.58. The third kappa shape index (κ3) is 3.54. The number of halogens is 1. The van der Waals surface area contributed by atoms with Crippen LogP contribution in [-0.2, 0) is 10.8 Å². The standard InChI is InChI=1S/C21H24ClNOS/c1-20(2,3)12-9-14(18(24)15(10-12)21(4,5)6)19-23-16-11-13(22)7-8-17(16)25-19/h7-11,24H,1-6H3. The molecule has 1 N–H and O–H groups in total. The van der Waals surface area contributed by atoms with Crippen molar-refractivity contribution in [2.75, 3.05) is 0 Å². The lowest BCUT2D eigenvalue weighted by atomic mass is 9.79. The summed E-state index contributed by atoms with van der Waals surface area (Å²) in [6.07, 6.45) is 0. The Balaban J connectivity index is 2.29. The molecule has 0 unspecified atom stereocenters. The van der Waals surface area contributed by atoms with Gasteiger partial charge in [-0.2, -0.15) is 0 Å². The third-order valence-corrected chi connectivity index (χ3v) is 5.67. The molecule has 1 heterocycles. The van der Waals surface area contributed by atoms with Gasteiger partial charge in [-0.15, -0.1) is 11.3 Å². The lowest BCUT2D eigenvalue weighted by Gasteiger charge is -2.27. The zero-order valence-corrected chi connectivity index (χ0v) is 17.1. The van der Waals surface area contributed by atoms with Gasteiger partial charge in [0.1, 0.15) is 10.8 Å². The van der Waals surface area contributed by atoms with Gasteiger partial charge >= 0.3 is 0 Å². The number of phenols is 1. The number of hydrogen-bond donors (Lipinski definition) is 1. The highest BCUT2D eigenvalue weighted by atomic mass is 35.5. The van der Waals surface area contributed by atoms with Crippen molar-refractivity contribution in [1.82, 2.24) is 4.98 Å². The van der Waals surface area contributed by atoms with Gasteiger partial charge in [0.15, 0.2) is 0 Å². The second-order valence-electron chi connectivity index (χ2n) is 8.55. The van der Waals surface area contributed by atoms with E-state index in [0.29, 0.717) is 10.8 Å². The van der Waals surface area contributed by atoms with Crippen molar-refractivity contribution in [3.8, 4) is 16.3 Å². The molecule has 0 radical (unpaired) electrons. The van der Waals surface area contributed by atoms with Crippen LogP contribution in [0.4, 0.5) is 0 Å². The van der Waals surface area contributed by atoms with Gasteiger partial charge in [-0.1, -0.05) is 59.2 Å². The summed E-state index contributed by atoms with van der Waals surface area (Å²) in [7, 11) is 0. The fraction of sp³-hybridized carbons (Fsp3) is 0.381. The van der Waals surface area contributed by atoms with Crippen LogP contribution < -0.4 is 0 Å². The van der Waals surface area contributed by atoms with Crippen LogP contribution in [0.1, 0.15) is 52.7 Å². The second-order valence-corrected chi connectivity index (χ2v) is 10.0. The van der Waals surface area contributed by atoms with Crippen LogP contribution in [-0.4, -0.2) is 10.1 Å². The van der Waals surface area contributed by atoms with Gasteiger partial charge in [0.05, 0.1) is 15.8 Å². The average molecular weight is 374 g/mol. The second kappa shape index (κ2) is 6.00. The molecule has 0 aliphatic carbocycles. The smallest absolute Gasteiger partial charge is 0.129 e. The van der Waals surface area contributed by atoms with Crippen molar-refractivity contribution in [3.63, 3.8) is 0 Å². The number of phenolic OH excluding ortho intramolecular Hbond substituents is 1. The highest BCUT2D eigenvalue weighted by molar-refractivity contribution is 7.21. The van der Waals surface area contributed by atoms with Crippen LogP contribution in [0.25, 0.3) is 20.8 Å². The maximum absolute atomic E-state index is 11.0. The summed E-state index contributed by atoms with van der Waals surface area (Å²) < 4.78 is 1.07. The van der Waals surface area contributed by atoms with Crippen LogP contribution in [0, 0.1) is 0 Å². The van der Waals surface area contributed by atoms with Crippen molar-refractivity contribution in [2.24, 2.45) is 0 Å². The molecule has 0 bridgehead atoms. The van der Waals surface area contributed by atoms with Crippen LogP contribution in [0.2, 0.25) is 5.02 Å². The minimum absolute atomic E-state index is 0.0115. The number of aromatic hydroxyl groups is 1. The Labute approximate surface area is 158 Å². The van der Waals surface area contributed by atoms with Gasteiger partial charge in [-0.05, 0) is 40.7 Å². The molecule has 3 aromatic rings. The molecule has 3 rings (SSSR count). The van der Waals surface area contributed by atoms with Crippen molar-refractivity contribution in [2.45, 2.75) is 52.4 Å². The van der Waals surface area contributed by atoms with Gasteiger partial charge in [-0.3, -0.25) is 0 Å². The Morgan fingerprint density at radius 1 is 0.960 bits per heavy atom. The van der Waals surface area contributed by atoms with Gasteiger partial charge in [0.2, 0.25) is 0 Å². The van der Waals surface area contributed by atoms with E-state index in [-0.39, 0.29) is 10.8 Å². The third-order valence-electron chi connectivity index (χ3n) is 4.36. The van der Waals surface area contributed by atoms with Gasteiger partial charge in [0, 0.05) is 10.6 Å². The van der Waals surface area contributed by atoms with Crippen molar-refractivity contribution in [1.29, 1.82) is 0 Å². The molecule has 2 nitrogen and oxygen atoms in total. The van der Waals surface area contributed by atoms with Gasteiger partial charge in [0.25, 0.3) is 0 Å². The zero-order chi connectivity index (χ0) is 18.6. The molecule has 4 heteroatoms. The molecule has 0 aliphatic rings. The molecular formula is C21H24ClNOS. The Bertz CT molecular complexity index is 945. The summed E-state index contributed by atoms with van der Waals surface area (Å²) in [6.45, 7) is 12.9. The molecule has 25 heavy (non-hydrogen) atoms. The number of benzene rings is 2. The Morgan fingerprint density at radius 2 is 1.64 bits per heavy atom. The van der Waals surface area contributed by atoms with E-state index in [1.807, 2.05) is 18.2 Å². The number of aromatic nitrogens is 1. The summed E-state index contributed by atoms with van der Waals surface area (Å²) in [5.41, 5.74) is 3.65. The first-order chi connectivity index (χ1) is 11.5. The molecular weight excluding hydrogens is 350 g/mol. The molecule has 1 aromatic heterocycles. The van der Waals surface area contributed by atoms with Crippen molar-refractivity contribution >= 4 is 33.2 Å². The van der Waals surface area contributed by atoms with Crippen LogP contribution in [0.5, 0.6) is 5.75 Å². The summed E-state index contributed by atoms with van der Waals surface area (Å²) in [5.74, 6) is 0.325. The maximum Gasteiger partial charge on any atom is 0.129 e. The van der Waals surface area contributed by atoms with Gasteiger partial charge in [-0.25, -0.2) is 4.98 Å². The molecule has 0 atom stereocenters. The maximum atomic E-state index is 11.0. The highest BCUT2D eigenvalue weighted by Crippen LogP contribution is 2.44. The Kier molecular flexibility index (Phi) is 4.37. The molecule has 0 spiro atoms. The SMILES string of the molecule is CC(C)(C)c1cc(-c2nc3cc(Cl)ccc3s2)c(O)c(C(C)(C)C)c1. The monoisotopic (exact) mass is 373 g/mol. The molecule has 0 saturated heterocycles. The minimum atomic E-state index is -0.153. The van der Waals surface area contributed by atoms with E-state index < -0.39 is 0 Å². The van der Waals surface area contributed by atoms with Crippen LogP contribution in [0.15, 0.2) is 30.3 Å². The topological polar surface area (TPSA) is 33.1 Å². The van der Waals surface area contributed by atoms with E-state index in [9.17, 15) is 5.11 Å². The minimum Gasteiger partial charge on any atom is -0.507 e. The molecule has 0 saturated carbocycles. The fourth-order valence-corrected chi connectivity index (χ4v) is 3.95. The molecule has 0 fully saturated rings. The predicted molar refractivity (Wildman–Crippen MR) is 109 cm³/mol. The summed E-state index contributed by atoms with van der Waals surface area (Å²) >= 11 is 7.67. The largest absolute Gasteiger partial charge is 0.507 e. The van der Waals surface area contributed by atoms with E-state index in [1.54, 1.807) is 11.3 Å². The average Bonchev–Trinajstić information content (AvgIpc) is 2.87. The quantitative estimate of drug-likeness (QED) is 0.502. The van der Waals surface area contributed by atoms with E-state index >= 15 is 0 Å². The lowest BCUT2D eigenvalue weighted by molar-refractivity contribution is 0.446. The number of nitrogens with zero attached hydrogens (tertiary/aromatic N) is 1. The van der Waals surface area contributed by atoms with Crippen molar-refractivity contribution < 1.29 is 5.11 Å². The molecule has 132 valence electrons. The number of rotatable bonds is 1. The van der Waals surface area contributed by atoms with E-state index in [4.69, 9.17) is 16.6 Å². The van der Waals surface area contributed by atoms with Crippen LogP contribution in [0.3, 0.4) is 0 Å². The highest BCUT2D eigenvalue weighted by Gasteiger charge is 2.26. The number of fused-ring (bicyclic) bond motifs is 1. The summed E-state index contributed by atoms with van der Waals surface area (Å²) in [4.78, 5) is 4.73. The first-order valence-electron chi connectivity index (χ1n) is 8.41. The van der Waals surface area contributed by atoms with Crippen LogP contribution >= 0.6 is 22.9 Å². The van der Waals surface area contributed by atoms with Gasteiger partial charge < -0.3 is 5.11 Å². The number of thiazole rings is 1. The van der Waals surface area contributed by atoms with Crippen molar-refractivity contribution in [3.05, 3.63) is 46.5 Å². The first-order valence-corrected chi connectivity index (χ1v) is 9.61. The lowest BCUT2D eigenvalue weighted by Crippen LogP contribution is -2.17. The normalized spacial score (nSPS) is 12.8. The zero-order valence-electron chi connectivity index (χ0n) is 15.6. The summed E-state index contributed by atoms with van der Waals surface area (Å²) in [6, 6.07) is 9.92. The Morgan fingerprint density at radius 3 is 2.24 bits per heavy atom. The molecule has 0 amide bonds. The summed E-state index contributed by atoms with van der Waals surface area (Å²) in [5, 5.41) is 12.5.